The molecule has 1 aromatic carbocycles. The first-order valence-electron chi connectivity index (χ1n) is 9.65. The van der Waals surface area contributed by atoms with Crippen LogP contribution in [0.2, 0.25) is 0 Å². The highest BCUT2D eigenvalue weighted by atomic mass is 16.3. The molecule has 0 aromatic heterocycles. The lowest BCUT2D eigenvalue weighted by Crippen LogP contribution is -2.41. The molecule has 0 aliphatic rings. The van der Waals surface area contributed by atoms with Crippen LogP contribution in [0.4, 0.5) is 11.4 Å². The molecular weight excluding hydrogens is 308 g/mol. The van der Waals surface area contributed by atoms with E-state index in [1.807, 2.05) is 0 Å². The summed E-state index contributed by atoms with van der Waals surface area (Å²) in [5, 5.41) is 17.6. The van der Waals surface area contributed by atoms with E-state index in [4.69, 9.17) is 0 Å². The smallest absolute Gasteiger partial charge is 0.0766 e. The molecule has 0 bridgehead atoms. The summed E-state index contributed by atoms with van der Waals surface area (Å²) in [6, 6.07) is 8.36. The maximum atomic E-state index is 10.5. The van der Waals surface area contributed by atoms with Crippen LogP contribution in [0.15, 0.2) is 36.0 Å². The van der Waals surface area contributed by atoms with Gasteiger partial charge in [0, 0.05) is 17.1 Å². The van der Waals surface area contributed by atoms with E-state index < -0.39 is 0 Å². The number of benzene rings is 1. The summed E-state index contributed by atoms with van der Waals surface area (Å²) in [4.78, 5) is 0. The second kappa shape index (κ2) is 9.86. The number of anilines is 2. The van der Waals surface area contributed by atoms with Crippen LogP contribution in [0, 0.1) is 23.7 Å². The molecule has 3 heteroatoms. The van der Waals surface area contributed by atoms with E-state index in [0.29, 0.717) is 17.8 Å². The second-order valence-corrected chi connectivity index (χ2v) is 8.38. The topological polar surface area (TPSA) is 44.3 Å². The zero-order valence-electron chi connectivity index (χ0n) is 17.3. The fourth-order valence-electron chi connectivity index (χ4n) is 2.84. The van der Waals surface area contributed by atoms with Crippen LogP contribution < -0.4 is 10.6 Å². The van der Waals surface area contributed by atoms with Gasteiger partial charge in [-0.25, -0.2) is 0 Å². The van der Waals surface area contributed by atoms with Crippen molar-refractivity contribution in [1.29, 1.82) is 0 Å². The van der Waals surface area contributed by atoms with Crippen LogP contribution in [-0.2, 0) is 0 Å². The molecule has 0 aliphatic carbocycles. The van der Waals surface area contributed by atoms with E-state index in [2.05, 4.69) is 96.4 Å². The molecule has 2 atom stereocenters. The third-order valence-electron chi connectivity index (χ3n) is 4.39. The SMILES string of the molecule is CC(C)/C=C(\Nc1cccc(NC(C(C)C)C(O)C(C)C)c1)C(C)C. The standard InChI is InChI=1S/C22H38N2O/c1-14(2)12-20(15(3)4)23-18-10-9-11-19(13-18)24-21(16(5)6)22(25)17(7)8/h9-17,21-25H,1-8H3/b20-12-. The molecule has 25 heavy (non-hydrogen) atoms. The summed E-state index contributed by atoms with van der Waals surface area (Å²) in [5.41, 5.74) is 3.36. The minimum Gasteiger partial charge on any atom is -0.391 e. The average molecular weight is 347 g/mol. The van der Waals surface area contributed by atoms with Crippen LogP contribution in [0.3, 0.4) is 0 Å². The molecule has 1 rings (SSSR count). The van der Waals surface area contributed by atoms with Crippen LogP contribution in [0.5, 0.6) is 0 Å². The van der Waals surface area contributed by atoms with Crippen LogP contribution in [0.25, 0.3) is 0 Å². The van der Waals surface area contributed by atoms with Crippen molar-refractivity contribution in [2.24, 2.45) is 23.7 Å². The van der Waals surface area contributed by atoms with Crippen molar-refractivity contribution in [3.05, 3.63) is 36.0 Å². The molecule has 142 valence electrons. The number of hydrogen-bond donors (Lipinski definition) is 3. The summed E-state index contributed by atoms with van der Waals surface area (Å²) in [6.45, 7) is 17.2. The van der Waals surface area contributed by atoms with Gasteiger partial charge in [-0.2, -0.15) is 0 Å². The van der Waals surface area contributed by atoms with Gasteiger partial charge in [0.1, 0.15) is 0 Å². The Kier molecular flexibility index (Phi) is 8.51. The zero-order chi connectivity index (χ0) is 19.1. The van der Waals surface area contributed by atoms with Crippen molar-refractivity contribution in [3.8, 4) is 0 Å². The van der Waals surface area contributed by atoms with Gasteiger partial charge >= 0.3 is 0 Å². The Bertz CT molecular complexity index is 547. The molecule has 3 nitrogen and oxygen atoms in total. The van der Waals surface area contributed by atoms with Gasteiger partial charge < -0.3 is 15.7 Å². The normalized spacial score (nSPS) is 15.2. The highest BCUT2D eigenvalue weighted by Crippen LogP contribution is 2.24. The van der Waals surface area contributed by atoms with E-state index in [9.17, 15) is 5.11 Å². The lowest BCUT2D eigenvalue weighted by Gasteiger charge is -2.31. The minimum absolute atomic E-state index is 0.0334. The number of allylic oxidation sites excluding steroid dienone is 2. The van der Waals surface area contributed by atoms with Crippen molar-refractivity contribution < 1.29 is 5.11 Å². The quantitative estimate of drug-likeness (QED) is 0.533. The molecule has 0 spiro atoms. The fourth-order valence-corrected chi connectivity index (χ4v) is 2.84. The number of aliphatic hydroxyl groups excluding tert-OH is 1. The van der Waals surface area contributed by atoms with Gasteiger partial charge in [-0.15, -0.1) is 0 Å². The summed E-state index contributed by atoms with van der Waals surface area (Å²) < 4.78 is 0. The number of rotatable bonds is 9. The number of aliphatic hydroxyl groups is 1. The highest BCUT2D eigenvalue weighted by molar-refractivity contribution is 5.59. The molecule has 2 unspecified atom stereocenters. The van der Waals surface area contributed by atoms with E-state index >= 15 is 0 Å². The molecule has 0 saturated heterocycles. The van der Waals surface area contributed by atoms with Gasteiger partial charge in [-0.05, 0) is 41.9 Å². The fraction of sp³-hybridized carbons (Fsp3) is 0.636. The highest BCUT2D eigenvalue weighted by Gasteiger charge is 2.25. The number of nitrogens with one attached hydrogen (secondary N) is 2. The van der Waals surface area contributed by atoms with E-state index in [1.54, 1.807) is 0 Å². The lowest BCUT2D eigenvalue weighted by molar-refractivity contribution is 0.0891. The van der Waals surface area contributed by atoms with E-state index in [0.717, 1.165) is 11.4 Å². The first-order chi connectivity index (χ1) is 11.6. The van der Waals surface area contributed by atoms with Crippen LogP contribution in [-0.4, -0.2) is 17.3 Å². The largest absolute Gasteiger partial charge is 0.391 e. The zero-order valence-corrected chi connectivity index (χ0v) is 17.3. The van der Waals surface area contributed by atoms with Crippen LogP contribution in [0.1, 0.15) is 55.4 Å². The molecule has 0 amide bonds. The molecule has 0 heterocycles. The van der Waals surface area contributed by atoms with Crippen molar-refractivity contribution in [2.75, 3.05) is 10.6 Å². The summed E-state index contributed by atoms with van der Waals surface area (Å²) >= 11 is 0. The molecule has 0 fully saturated rings. The Morgan fingerprint density at radius 3 is 2.00 bits per heavy atom. The predicted molar refractivity (Wildman–Crippen MR) is 111 cm³/mol. The van der Waals surface area contributed by atoms with E-state index in [-0.39, 0.29) is 18.1 Å². The van der Waals surface area contributed by atoms with Crippen molar-refractivity contribution in [2.45, 2.75) is 67.5 Å². The Balaban J connectivity index is 2.96. The maximum absolute atomic E-state index is 10.5. The molecular formula is C22H38N2O. The third kappa shape index (κ3) is 7.11. The molecule has 0 aliphatic heterocycles. The first kappa shape index (κ1) is 21.6. The Morgan fingerprint density at radius 1 is 0.920 bits per heavy atom. The van der Waals surface area contributed by atoms with Crippen molar-refractivity contribution in [1.82, 2.24) is 0 Å². The van der Waals surface area contributed by atoms with Crippen molar-refractivity contribution in [3.63, 3.8) is 0 Å². The summed E-state index contributed by atoms with van der Waals surface area (Å²) in [5.74, 6) is 1.53. The Labute approximate surface area is 154 Å². The Hall–Kier alpha value is -1.48. The van der Waals surface area contributed by atoms with Crippen LogP contribution >= 0.6 is 0 Å². The third-order valence-corrected chi connectivity index (χ3v) is 4.39. The predicted octanol–water partition coefficient (Wildman–Crippen LogP) is 5.75. The monoisotopic (exact) mass is 346 g/mol. The lowest BCUT2D eigenvalue weighted by atomic mass is 9.91. The summed E-state index contributed by atoms with van der Waals surface area (Å²) in [7, 11) is 0. The number of hydrogen-bond acceptors (Lipinski definition) is 3. The minimum atomic E-state index is -0.372. The van der Waals surface area contributed by atoms with Gasteiger partial charge in [0.2, 0.25) is 0 Å². The van der Waals surface area contributed by atoms with Gasteiger partial charge in [-0.1, -0.05) is 67.5 Å². The van der Waals surface area contributed by atoms with Crippen molar-refractivity contribution >= 4 is 11.4 Å². The second-order valence-electron chi connectivity index (χ2n) is 8.38. The van der Waals surface area contributed by atoms with Gasteiger partial charge in [0.25, 0.3) is 0 Å². The molecule has 0 radical (unpaired) electrons. The first-order valence-corrected chi connectivity index (χ1v) is 9.65. The summed E-state index contributed by atoms with van der Waals surface area (Å²) in [6.07, 6.45) is 1.91. The van der Waals surface area contributed by atoms with E-state index in [1.165, 1.54) is 5.70 Å². The average Bonchev–Trinajstić information content (AvgIpc) is 2.50. The maximum Gasteiger partial charge on any atom is 0.0766 e. The van der Waals surface area contributed by atoms with Gasteiger partial charge in [0.15, 0.2) is 0 Å². The van der Waals surface area contributed by atoms with Gasteiger partial charge in [-0.3, -0.25) is 0 Å². The molecule has 1 aromatic rings. The molecule has 3 N–H and O–H groups in total. The Morgan fingerprint density at radius 2 is 1.52 bits per heavy atom. The molecule has 0 saturated carbocycles. The van der Waals surface area contributed by atoms with Gasteiger partial charge in [0.05, 0.1) is 12.1 Å².